The van der Waals surface area contributed by atoms with Crippen LogP contribution in [0.25, 0.3) is 0 Å². The molecule has 6 heterocycles. The second kappa shape index (κ2) is 16.6. The molecule has 0 bridgehead atoms. The Balaban J connectivity index is 1.19. The van der Waals surface area contributed by atoms with Crippen LogP contribution in [0.5, 0.6) is 0 Å². The van der Waals surface area contributed by atoms with Crippen molar-refractivity contribution in [3.05, 3.63) is 0 Å². The van der Waals surface area contributed by atoms with Gasteiger partial charge in [-0.1, -0.05) is 48.5 Å². The highest BCUT2D eigenvalue weighted by molar-refractivity contribution is 5.70. The Hall–Kier alpha value is -1.01. The molecule has 6 aliphatic rings. The first-order chi connectivity index (χ1) is 27.0. The molecule has 1 spiro atoms. The molecule has 0 aromatic rings. The van der Waals surface area contributed by atoms with Crippen LogP contribution in [0.3, 0.4) is 0 Å². The van der Waals surface area contributed by atoms with Crippen LogP contribution in [0.15, 0.2) is 0 Å². The smallest absolute Gasteiger partial charge is 0.311 e. The number of carbonyl (C=O) groups is 1. The molecule has 336 valence electrons. The fourth-order valence-electron chi connectivity index (χ4n) is 12.5. The zero-order valence-electron chi connectivity index (χ0n) is 37.8. The summed E-state index contributed by atoms with van der Waals surface area (Å²) in [4.78, 5) is 12.2. The van der Waals surface area contributed by atoms with Gasteiger partial charge in [-0.15, -0.1) is 0 Å². The highest BCUT2D eigenvalue weighted by Gasteiger charge is 2.64. The largest absolute Gasteiger partial charge is 0.481 e. The Kier molecular flexibility index (Phi) is 13.3. The minimum absolute atomic E-state index is 0.0300. The van der Waals surface area contributed by atoms with Gasteiger partial charge in [0, 0.05) is 82.7 Å². The van der Waals surface area contributed by atoms with Gasteiger partial charge in [-0.25, -0.2) is 0 Å². The molecule has 0 saturated carbocycles. The van der Waals surface area contributed by atoms with Crippen molar-refractivity contribution in [2.45, 2.75) is 198 Å². The summed E-state index contributed by atoms with van der Waals surface area (Å²) in [5.74, 6) is -8.04. The maximum atomic E-state index is 12.2. The van der Waals surface area contributed by atoms with E-state index in [4.69, 9.17) is 47.4 Å². The third-order valence-corrected chi connectivity index (χ3v) is 16.3. The molecule has 0 aliphatic carbocycles. The van der Waals surface area contributed by atoms with E-state index >= 15 is 0 Å². The molecule has 6 aliphatic heterocycles. The van der Waals surface area contributed by atoms with Crippen molar-refractivity contribution in [1.82, 2.24) is 0 Å². The molecule has 0 aromatic heterocycles. The predicted molar refractivity (Wildman–Crippen MR) is 212 cm³/mol. The van der Waals surface area contributed by atoms with Crippen molar-refractivity contribution in [1.29, 1.82) is 0 Å². The van der Waals surface area contributed by atoms with Crippen LogP contribution in [0.1, 0.15) is 108 Å². The van der Waals surface area contributed by atoms with Gasteiger partial charge < -0.3 is 62.7 Å². The summed E-state index contributed by atoms with van der Waals surface area (Å²) in [6.07, 6.45) is -0.175. The van der Waals surface area contributed by atoms with E-state index < -0.39 is 76.9 Å². The second-order valence-corrected chi connectivity index (χ2v) is 19.9. The van der Waals surface area contributed by atoms with Crippen LogP contribution < -0.4 is 0 Å². The molecule has 6 saturated heterocycles. The quantitative estimate of drug-likeness (QED) is 0.249. The second-order valence-electron chi connectivity index (χ2n) is 19.9. The number of rotatable bonds is 11. The number of hydrogen-bond acceptors (Lipinski definition) is 13. The van der Waals surface area contributed by atoms with Gasteiger partial charge in [0.15, 0.2) is 17.4 Å². The van der Waals surface area contributed by atoms with Crippen molar-refractivity contribution in [3.63, 3.8) is 0 Å². The topological polar surface area (TPSA) is 170 Å². The van der Waals surface area contributed by atoms with E-state index in [1.807, 2.05) is 20.8 Å². The normalized spacial score (nSPS) is 54.8. The Morgan fingerprint density at radius 2 is 1.28 bits per heavy atom. The molecule has 14 heteroatoms. The number of carboxylic acids is 1. The zero-order chi connectivity index (χ0) is 43.1. The molecule has 3 unspecified atom stereocenters. The molecule has 23 atom stereocenters. The van der Waals surface area contributed by atoms with Gasteiger partial charge in [0.2, 0.25) is 0 Å². The summed E-state index contributed by atoms with van der Waals surface area (Å²) < 4.78 is 65.4. The molecule has 0 aromatic carbocycles. The monoisotopic (exact) mass is 829 g/mol. The lowest BCUT2D eigenvalue weighted by atomic mass is 9.71. The lowest BCUT2D eigenvalue weighted by molar-refractivity contribution is -0.366. The fourth-order valence-corrected chi connectivity index (χ4v) is 12.5. The molecular formula is C44H76O14. The van der Waals surface area contributed by atoms with Crippen molar-refractivity contribution < 1.29 is 67.5 Å². The molecule has 58 heavy (non-hydrogen) atoms. The van der Waals surface area contributed by atoms with E-state index in [-0.39, 0.29) is 66.0 Å². The first-order valence-electron chi connectivity index (χ1n) is 21.8. The van der Waals surface area contributed by atoms with Crippen LogP contribution in [0.2, 0.25) is 0 Å². The molecule has 6 rings (SSSR count). The minimum Gasteiger partial charge on any atom is -0.481 e. The molecule has 0 amide bonds. The summed E-state index contributed by atoms with van der Waals surface area (Å²) in [5, 5.41) is 33.1. The average molecular weight is 829 g/mol. The van der Waals surface area contributed by atoms with Crippen molar-refractivity contribution in [2.24, 2.45) is 47.3 Å². The van der Waals surface area contributed by atoms with Crippen molar-refractivity contribution in [3.8, 4) is 0 Å². The Bertz CT molecular complexity index is 1450. The Labute approximate surface area is 346 Å². The van der Waals surface area contributed by atoms with E-state index in [9.17, 15) is 20.1 Å². The first kappa shape index (κ1) is 46.5. The van der Waals surface area contributed by atoms with Gasteiger partial charge in [0.05, 0.1) is 66.1 Å². The maximum absolute atomic E-state index is 12.2. The van der Waals surface area contributed by atoms with Crippen molar-refractivity contribution in [2.75, 3.05) is 28.4 Å². The highest BCUT2D eigenvalue weighted by atomic mass is 16.7. The molecule has 3 N–H and O–H groups in total. The van der Waals surface area contributed by atoms with Crippen LogP contribution in [-0.4, -0.2) is 139 Å². The lowest BCUT2D eigenvalue weighted by Crippen LogP contribution is -2.65. The summed E-state index contributed by atoms with van der Waals surface area (Å²) in [6, 6.07) is 0. The summed E-state index contributed by atoms with van der Waals surface area (Å²) in [5.41, 5.74) is -1.32. The summed E-state index contributed by atoms with van der Waals surface area (Å²) in [6.45, 7) is 21.6. The number of methoxy groups -OCH3 is 4. The van der Waals surface area contributed by atoms with E-state index in [2.05, 4.69) is 34.6 Å². The molecule has 6 fully saturated rings. The van der Waals surface area contributed by atoms with Crippen LogP contribution in [0.4, 0.5) is 0 Å². The van der Waals surface area contributed by atoms with E-state index in [0.717, 1.165) is 12.8 Å². The Morgan fingerprint density at radius 3 is 1.86 bits per heavy atom. The van der Waals surface area contributed by atoms with Gasteiger partial charge in [-0.05, 0) is 47.0 Å². The van der Waals surface area contributed by atoms with Gasteiger partial charge >= 0.3 is 5.97 Å². The first-order valence-corrected chi connectivity index (χ1v) is 21.8. The zero-order valence-corrected chi connectivity index (χ0v) is 37.8. The number of hydrogen-bond donors (Lipinski definition) is 3. The van der Waals surface area contributed by atoms with Crippen LogP contribution in [-0.2, 0) is 52.2 Å². The third kappa shape index (κ3) is 7.62. The lowest BCUT2D eigenvalue weighted by Gasteiger charge is -2.55. The molecule has 14 nitrogen and oxygen atoms in total. The van der Waals surface area contributed by atoms with E-state index in [1.54, 1.807) is 42.3 Å². The van der Waals surface area contributed by atoms with Gasteiger partial charge in [-0.2, -0.15) is 0 Å². The van der Waals surface area contributed by atoms with Gasteiger partial charge in [0.25, 0.3) is 0 Å². The average Bonchev–Trinajstić information content (AvgIpc) is 3.85. The minimum atomic E-state index is -1.95. The SMILES string of the molecule is CO[C@@H]1[C@@H](C)[C@](O)([C@H](C)C(=O)O)OC([C@H](C)[C@H]2OC3(CC[C@@](C)([C@H]4CC[C@@](C)([C@@H]5OC([C@H]6O[C@](C)(O)[C@H](C)[C@@H](OC)[C@@H]6C)[C@H](OC)[C@@H]5C)O4)O3)C[C@H](OC)[C@H]2C)[C@@H]1C. The number of aliphatic carboxylic acids is 1. The Morgan fingerprint density at radius 1 is 0.672 bits per heavy atom. The number of ether oxygens (including phenoxy) is 10. The van der Waals surface area contributed by atoms with E-state index in [0.29, 0.717) is 19.3 Å². The molecule has 0 radical (unpaired) electrons. The van der Waals surface area contributed by atoms with Crippen molar-refractivity contribution >= 4 is 5.97 Å². The van der Waals surface area contributed by atoms with Gasteiger partial charge in [-0.3, -0.25) is 4.79 Å². The summed E-state index contributed by atoms with van der Waals surface area (Å²) in [7, 11) is 6.70. The predicted octanol–water partition coefficient (Wildman–Crippen LogP) is 5.17. The number of carboxylic acid groups (broad SMARTS) is 1. The molecular weight excluding hydrogens is 752 g/mol. The van der Waals surface area contributed by atoms with Crippen LogP contribution >= 0.6 is 0 Å². The fraction of sp³-hybridized carbons (Fsp3) is 0.977. The highest BCUT2D eigenvalue weighted by Crippen LogP contribution is 2.55. The maximum Gasteiger partial charge on any atom is 0.311 e. The standard InChI is InChI=1S/C44H76O14/c1-21-29(49-12)20-43(56-31(21)22(2)32-23(3)34(51-14)27(7)44(48,57-32)28(8)39(45)46)19-18-40(9,58-43)30-16-17-41(10,54-30)38-25(5)35(52-15)37(53-38)36-24(4)33(50-13)26(6)42(11,47)55-36/h21-38,47-48H,16-20H2,1-15H3,(H,45,46)/t21-,22-,23+,24+,25+,26-,27-,28-,29+,30-,31+,32?,33+,34+,35-,36+,37?,38-,40+,41+,42+,43?,44-/m1/s1. The van der Waals surface area contributed by atoms with Gasteiger partial charge in [0.1, 0.15) is 12.0 Å². The van der Waals surface area contributed by atoms with E-state index in [1.165, 1.54) is 6.92 Å². The number of aliphatic hydroxyl groups is 2. The third-order valence-electron chi connectivity index (χ3n) is 16.3. The van der Waals surface area contributed by atoms with Crippen LogP contribution in [0, 0.1) is 47.3 Å². The summed E-state index contributed by atoms with van der Waals surface area (Å²) >= 11 is 0.